The fraction of sp³-hybridized carbons (Fsp3) is 0.385. The average molecular weight is 270 g/mol. The molecule has 0 bridgehead atoms. The largest absolute Gasteiger partial charge is 0.496 e. The van der Waals surface area contributed by atoms with Crippen molar-refractivity contribution in [3.05, 3.63) is 41.1 Å². The zero-order valence-electron chi connectivity index (χ0n) is 9.78. The normalized spacial score (nSPS) is 16.5. The maximum absolute atomic E-state index is 6.12. The van der Waals surface area contributed by atoms with Crippen LogP contribution < -0.4 is 5.32 Å². The average Bonchev–Trinajstić information content (AvgIpc) is 2.86. The lowest BCUT2D eigenvalue weighted by atomic mass is 10.2. The molecule has 17 heavy (non-hydrogen) atoms. The minimum Gasteiger partial charge on any atom is -0.496 e. The van der Waals surface area contributed by atoms with Gasteiger partial charge in [0.25, 0.3) is 0 Å². The third kappa shape index (κ3) is 3.41. The van der Waals surface area contributed by atoms with Crippen molar-refractivity contribution in [1.82, 2.24) is 5.32 Å². The Morgan fingerprint density at radius 1 is 1.47 bits per heavy atom. The molecule has 92 valence electrons. The first-order valence-corrected chi connectivity index (χ1v) is 7.05. The molecule has 1 atom stereocenters. The Morgan fingerprint density at radius 2 is 2.29 bits per heavy atom. The molecule has 2 rings (SSSR count). The van der Waals surface area contributed by atoms with Gasteiger partial charge in [-0.05, 0) is 25.3 Å². The number of ether oxygens (including phenoxy) is 1. The van der Waals surface area contributed by atoms with E-state index in [0.29, 0.717) is 0 Å². The molecule has 0 saturated heterocycles. The van der Waals surface area contributed by atoms with Crippen LogP contribution in [0.4, 0.5) is 0 Å². The lowest BCUT2D eigenvalue weighted by molar-refractivity contribution is 0.222. The van der Waals surface area contributed by atoms with Crippen molar-refractivity contribution < 1.29 is 4.74 Å². The molecule has 2 nitrogen and oxygen atoms in total. The molecule has 1 aromatic rings. The van der Waals surface area contributed by atoms with Crippen molar-refractivity contribution in [2.45, 2.75) is 17.4 Å². The van der Waals surface area contributed by atoms with Crippen molar-refractivity contribution in [3.63, 3.8) is 0 Å². The fourth-order valence-electron chi connectivity index (χ4n) is 1.72. The Hall–Kier alpha value is -0.640. The second kappa shape index (κ2) is 6.34. The van der Waals surface area contributed by atoms with E-state index in [0.717, 1.165) is 34.5 Å². The van der Waals surface area contributed by atoms with E-state index >= 15 is 0 Å². The summed E-state index contributed by atoms with van der Waals surface area (Å²) in [6.45, 7) is 0.810. The summed E-state index contributed by atoms with van der Waals surface area (Å²) in [6.07, 6.45) is 3.18. The van der Waals surface area contributed by atoms with Crippen LogP contribution in [0.15, 0.2) is 41.0 Å². The van der Waals surface area contributed by atoms with E-state index in [-0.39, 0.29) is 6.04 Å². The van der Waals surface area contributed by atoms with Crippen molar-refractivity contribution in [3.8, 4) is 0 Å². The fourth-order valence-corrected chi connectivity index (χ4v) is 3.08. The molecule has 0 amide bonds. The predicted molar refractivity (Wildman–Crippen MR) is 73.7 cm³/mol. The highest BCUT2D eigenvalue weighted by Gasteiger charge is 2.17. The number of rotatable bonds is 5. The topological polar surface area (TPSA) is 21.3 Å². The summed E-state index contributed by atoms with van der Waals surface area (Å²) in [5.41, 5.74) is 0. The van der Waals surface area contributed by atoms with E-state index in [1.807, 2.05) is 31.3 Å². The summed E-state index contributed by atoms with van der Waals surface area (Å²) in [6, 6.07) is 8.19. The van der Waals surface area contributed by atoms with Gasteiger partial charge in [-0.1, -0.05) is 23.7 Å². The smallest absolute Gasteiger partial charge is 0.110 e. The lowest BCUT2D eigenvalue weighted by Gasteiger charge is -2.17. The third-order valence-corrected chi connectivity index (χ3v) is 4.27. The van der Waals surface area contributed by atoms with Gasteiger partial charge in [0.1, 0.15) is 5.76 Å². The molecule has 0 aromatic heterocycles. The maximum Gasteiger partial charge on any atom is 0.110 e. The van der Waals surface area contributed by atoms with Gasteiger partial charge in [-0.25, -0.2) is 0 Å². The number of nitrogens with one attached hydrogen (secondary N) is 1. The summed E-state index contributed by atoms with van der Waals surface area (Å²) in [7, 11) is 1.96. The lowest BCUT2D eigenvalue weighted by Crippen LogP contribution is -2.30. The molecule has 1 unspecified atom stereocenters. The van der Waals surface area contributed by atoms with Crippen molar-refractivity contribution in [2.24, 2.45) is 0 Å². The summed E-state index contributed by atoms with van der Waals surface area (Å²) in [5.74, 6) is 1.98. The van der Waals surface area contributed by atoms with E-state index in [1.54, 1.807) is 11.8 Å². The second-order valence-electron chi connectivity index (χ2n) is 3.83. The summed E-state index contributed by atoms with van der Waals surface area (Å²) in [4.78, 5) is 1.12. The van der Waals surface area contributed by atoms with Gasteiger partial charge in [0, 0.05) is 17.1 Å². The molecule has 1 aliphatic heterocycles. The minimum atomic E-state index is 0.263. The van der Waals surface area contributed by atoms with Crippen LogP contribution in [0.1, 0.15) is 6.42 Å². The monoisotopic (exact) mass is 269 g/mol. The number of hydrogen-bond donors (Lipinski definition) is 1. The predicted octanol–water partition coefficient (Wildman–Crippen LogP) is 3.32. The van der Waals surface area contributed by atoms with Gasteiger partial charge in [0.2, 0.25) is 0 Å². The van der Waals surface area contributed by atoms with E-state index in [1.165, 1.54) is 0 Å². The van der Waals surface area contributed by atoms with Gasteiger partial charge < -0.3 is 10.1 Å². The summed E-state index contributed by atoms with van der Waals surface area (Å²) >= 11 is 7.87. The highest BCUT2D eigenvalue weighted by Crippen LogP contribution is 2.28. The van der Waals surface area contributed by atoms with Crippen LogP contribution >= 0.6 is 23.4 Å². The van der Waals surface area contributed by atoms with Crippen LogP contribution in [0.2, 0.25) is 5.02 Å². The third-order valence-electron chi connectivity index (χ3n) is 2.67. The molecule has 0 fully saturated rings. The Bertz CT molecular complexity index is 408. The van der Waals surface area contributed by atoms with E-state index in [9.17, 15) is 0 Å². The van der Waals surface area contributed by atoms with Gasteiger partial charge in [-0.15, -0.1) is 11.8 Å². The molecule has 0 radical (unpaired) electrons. The highest BCUT2D eigenvalue weighted by molar-refractivity contribution is 7.99. The van der Waals surface area contributed by atoms with Crippen molar-refractivity contribution in [1.29, 1.82) is 0 Å². The Morgan fingerprint density at radius 3 is 2.94 bits per heavy atom. The standard InChI is InChI=1S/C13H16ClNOS/c1-15-11(12-6-4-8-16-12)9-17-13-7-3-2-5-10(13)14/h2-3,5-7,11,15H,4,8-9H2,1H3. The maximum atomic E-state index is 6.12. The second-order valence-corrected chi connectivity index (χ2v) is 5.30. The van der Waals surface area contributed by atoms with Gasteiger partial charge in [0.15, 0.2) is 0 Å². The Kier molecular flexibility index (Phi) is 4.77. The van der Waals surface area contributed by atoms with Gasteiger partial charge in [0.05, 0.1) is 17.7 Å². The van der Waals surface area contributed by atoms with Crippen LogP contribution in [0.3, 0.4) is 0 Å². The molecule has 0 saturated carbocycles. The van der Waals surface area contributed by atoms with Crippen molar-refractivity contribution in [2.75, 3.05) is 19.4 Å². The summed E-state index contributed by atoms with van der Waals surface area (Å²) < 4.78 is 5.58. The first-order chi connectivity index (χ1) is 8.31. The molecule has 1 aromatic carbocycles. The van der Waals surface area contributed by atoms with Crippen LogP contribution in [-0.2, 0) is 4.74 Å². The summed E-state index contributed by atoms with van der Waals surface area (Å²) in [5, 5.41) is 4.09. The van der Waals surface area contributed by atoms with E-state index < -0.39 is 0 Å². The molecular weight excluding hydrogens is 254 g/mol. The molecule has 1 heterocycles. The van der Waals surface area contributed by atoms with Gasteiger partial charge in [-0.2, -0.15) is 0 Å². The molecule has 0 aliphatic carbocycles. The molecule has 1 aliphatic rings. The number of benzene rings is 1. The van der Waals surface area contributed by atoms with Crippen LogP contribution in [0.5, 0.6) is 0 Å². The Balaban J connectivity index is 1.94. The highest BCUT2D eigenvalue weighted by atomic mass is 35.5. The van der Waals surface area contributed by atoms with Crippen LogP contribution in [-0.4, -0.2) is 25.4 Å². The Labute approximate surface area is 111 Å². The zero-order chi connectivity index (χ0) is 12.1. The first kappa shape index (κ1) is 12.8. The molecule has 1 N–H and O–H groups in total. The van der Waals surface area contributed by atoms with Crippen LogP contribution in [0, 0.1) is 0 Å². The SMILES string of the molecule is CNC(CSc1ccccc1Cl)C1=CCCO1. The minimum absolute atomic E-state index is 0.263. The van der Waals surface area contributed by atoms with E-state index in [2.05, 4.69) is 11.4 Å². The van der Waals surface area contributed by atoms with E-state index in [4.69, 9.17) is 16.3 Å². The quantitative estimate of drug-likeness (QED) is 0.829. The van der Waals surface area contributed by atoms with Gasteiger partial charge >= 0.3 is 0 Å². The molecule has 4 heteroatoms. The number of thioether (sulfide) groups is 1. The number of hydrogen-bond acceptors (Lipinski definition) is 3. The van der Waals surface area contributed by atoms with Gasteiger partial charge in [-0.3, -0.25) is 0 Å². The number of likely N-dealkylation sites (N-methyl/N-ethyl adjacent to an activating group) is 1. The van der Waals surface area contributed by atoms with Crippen LogP contribution in [0.25, 0.3) is 0 Å². The van der Waals surface area contributed by atoms with Crippen molar-refractivity contribution >= 4 is 23.4 Å². The molecular formula is C13H16ClNOS. The first-order valence-electron chi connectivity index (χ1n) is 5.68. The zero-order valence-corrected chi connectivity index (χ0v) is 11.4. The number of halogens is 1. The molecule has 0 spiro atoms.